The minimum Gasteiger partial charge on any atom is -0.347 e. The van der Waals surface area contributed by atoms with Crippen LogP contribution in [0.15, 0.2) is 40.9 Å². The summed E-state index contributed by atoms with van der Waals surface area (Å²) in [5.41, 5.74) is 1.00. The topological polar surface area (TPSA) is 12.5 Å². The predicted molar refractivity (Wildman–Crippen MR) is 65.1 cm³/mol. The van der Waals surface area contributed by atoms with Gasteiger partial charge in [0.15, 0.2) is 5.56 Å². The fourth-order valence-corrected chi connectivity index (χ4v) is 2.59. The Labute approximate surface area is 101 Å². The van der Waals surface area contributed by atoms with Gasteiger partial charge in [-0.25, -0.2) is 0 Å². The predicted octanol–water partition coefficient (Wildman–Crippen LogP) is 4.24. The summed E-state index contributed by atoms with van der Waals surface area (Å²) >= 11 is 9.40. The molecular weight excluding hydrogens is 275 g/mol. The van der Waals surface area contributed by atoms with Crippen LogP contribution in [0.5, 0.6) is 0 Å². The highest BCUT2D eigenvalue weighted by Gasteiger charge is 2.39. The third-order valence-electron chi connectivity index (χ3n) is 2.60. The number of ether oxygens (including phenoxy) is 1. The molecular formula is C12H8BrClO. The van der Waals surface area contributed by atoms with Gasteiger partial charge in [0.05, 0.1) is 0 Å². The molecule has 3 heteroatoms. The van der Waals surface area contributed by atoms with Crippen LogP contribution in [0.25, 0.3) is 10.8 Å². The van der Waals surface area contributed by atoms with Crippen molar-refractivity contribution in [2.45, 2.75) is 11.7 Å². The average molecular weight is 284 g/mol. The monoisotopic (exact) mass is 282 g/mol. The van der Waals surface area contributed by atoms with Crippen LogP contribution < -0.4 is 0 Å². The van der Waals surface area contributed by atoms with Gasteiger partial charge in [0.2, 0.25) is 0 Å². The lowest BCUT2D eigenvalue weighted by molar-refractivity contribution is 0.405. The largest absolute Gasteiger partial charge is 0.347 e. The fraction of sp³-hybridized carbons (Fsp3) is 0.167. The van der Waals surface area contributed by atoms with E-state index in [0.29, 0.717) is 0 Å². The Balaban J connectivity index is 2.26. The second kappa shape index (κ2) is 3.48. The molecule has 0 saturated carbocycles. The van der Waals surface area contributed by atoms with E-state index in [1.165, 1.54) is 16.3 Å². The van der Waals surface area contributed by atoms with E-state index in [0.717, 1.165) is 4.47 Å². The third kappa shape index (κ3) is 1.67. The molecule has 2 aromatic carbocycles. The van der Waals surface area contributed by atoms with E-state index in [1.54, 1.807) is 0 Å². The molecule has 1 nitrogen and oxygen atoms in total. The molecule has 0 spiro atoms. The summed E-state index contributed by atoms with van der Waals surface area (Å²) in [5.74, 6) is 0. The minimum absolute atomic E-state index is 0.0501. The molecule has 2 unspecified atom stereocenters. The SMILES string of the molecule is ClC1OC1c1cc(Br)cc2ccccc12. The second-order valence-corrected chi connectivity index (χ2v) is 4.97. The summed E-state index contributed by atoms with van der Waals surface area (Å²) in [4.78, 5) is 0. The van der Waals surface area contributed by atoms with Crippen LogP contribution in [0.4, 0.5) is 0 Å². The Morgan fingerprint density at radius 1 is 1.20 bits per heavy atom. The summed E-state index contributed by atoms with van der Waals surface area (Å²) in [6.07, 6.45) is 0.0501. The zero-order valence-corrected chi connectivity index (χ0v) is 10.1. The van der Waals surface area contributed by atoms with Gasteiger partial charge >= 0.3 is 0 Å². The first-order valence-electron chi connectivity index (χ1n) is 4.73. The minimum atomic E-state index is -0.164. The van der Waals surface area contributed by atoms with Crippen molar-refractivity contribution in [3.8, 4) is 0 Å². The number of benzene rings is 2. The summed E-state index contributed by atoms with van der Waals surface area (Å²) in [6.45, 7) is 0. The molecule has 15 heavy (non-hydrogen) atoms. The molecule has 0 N–H and O–H groups in total. The van der Waals surface area contributed by atoms with E-state index >= 15 is 0 Å². The molecule has 1 aliphatic rings. The van der Waals surface area contributed by atoms with Crippen LogP contribution in [-0.2, 0) is 4.74 Å². The van der Waals surface area contributed by atoms with Crippen LogP contribution in [0.2, 0.25) is 0 Å². The highest BCUT2D eigenvalue weighted by molar-refractivity contribution is 9.10. The molecule has 0 radical (unpaired) electrons. The molecule has 0 bridgehead atoms. The smallest absolute Gasteiger partial charge is 0.162 e. The molecule has 0 amide bonds. The highest BCUT2D eigenvalue weighted by Crippen LogP contribution is 2.44. The zero-order valence-electron chi connectivity index (χ0n) is 7.78. The van der Waals surface area contributed by atoms with Gasteiger partial charge in [0.25, 0.3) is 0 Å². The van der Waals surface area contributed by atoms with Crippen LogP contribution >= 0.6 is 27.5 Å². The van der Waals surface area contributed by atoms with Crippen molar-refractivity contribution < 1.29 is 4.74 Å². The number of hydrogen-bond acceptors (Lipinski definition) is 1. The van der Waals surface area contributed by atoms with Gasteiger partial charge in [-0.05, 0) is 28.5 Å². The molecule has 2 aromatic rings. The van der Waals surface area contributed by atoms with Gasteiger partial charge in [0, 0.05) is 4.47 Å². The van der Waals surface area contributed by atoms with Crippen molar-refractivity contribution in [1.82, 2.24) is 0 Å². The quantitative estimate of drug-likeness (QED) is 0.563. The van der Waals surface area contributed by atoms with Crippen molar-refractivity contribution in [1.29, 1.82) is 0 Å². The lowest BCUT2D eigenvalue weighted by atomic mass is 10.0. The number of epoxide rings is 1. The molecule has 0 aliphatic carbocycles. The van der Waals surface area contributed by atoms with Gasteiger partial charge < -0.3 is 4.74 Å². The van der Waals surface area contributed by atoms with Crippen LogP contribution in [-0.4, -0.2) is 5.56 Å². The van der Waals surface area contributed by atoms with E-state index < -0.39 is 0 Å². The summed E-state index contributed by atoms with van der Waals surface area (Å²) in [6, 6.07) is 12.4. The average Bonchev–Trinajstić information content (AvgIpc) is 2.94. The van der Waals surface area contributed by atoms with Crippen molar-refractivity contribution in [2.24, 2.45) is 0 Å². The number of hydrogen-bond donors (Lipinski definition) is 0. The molecule has 1 aliphatic heterocycles. The van der Waals surface area contributed by atoms with Gasteiger partial charge in [-0.15, -0.1) is 0 Å². The van der Waals surface area contributed by atoms with E-state index in [1.807, 2.05) is 12.1 Å². The lowest BCUT2D eigenvalue weighted by Gasteiger charge is -2.04. The van der Waals surface area contributed by atoms with E-state index in [2.05, 4.69) is 40.2 Å². The van der Waals surface area contributed by atoms with Crippen molar-refractivity contribution in [3.05, 3.63) is 46.4 Å². The lowest BCUT2D eigenvalue weighted by Crippen LogP contribution is -1.86. The van der Waals surface area contributed by atoms with Crippen LogP contribution in [0, 0.1) is 0 Å². The third-order valence-corrected chi connectivity index (χ3v) is 3.39. The van der Waals surface area contributed by atoms with Gasteiger partial charge in [-0.2, -0.15) is 0 Å². The summed E-state index contributed by atoms with van der Waals surface area (Å²) in [7, 11) is 0. The van der Waals surface area contributed by atoms with Crippen LogP contribution in [0.3, 0.4) is 0 Å². The van der Waals surface area contributed by atoms with Gasteiger partial charge in [0.1, 0.15) is 6.10 Å². The van der Waals surface area contributed by atoms with E-state index in [4.69, 9.17) is 16.3 Å². The Morgan fingerprint density at radius 3 is 2.67 bits per heavy atom. The zero-order chi connectivity index (χ0) is 10.4. The molecule has 3 rings (SSSR count). The number of rotatable bonds is 1. The number of fused-ring (bicyclic) bond motifs is 1. The van der Waals surface area contributed by atoms with Gasteiger partial charge in [-0.3, -0.25) is 0 Å². The molecule has 2 atom stereocenters. The van der Waals surface area contributed by atoms with E-state index in [-0.39, 0.29) is 11.7 Å². The maximum absolute atomic E-state index is 5.90. The molecule has 1 heterocycles. The highest BCUT2D eigenvalue weighted by atomic mass is 79.9. The van der Waals surface area contributed by atoms with Crippen molar-refractivity contribution in [3.63, 3.8) is 0 Å². The first kappa shape index (κ1) is 9.64. The molecule has 76 valence electrons. The van der Waals surface area contributed by atoms with Crippen LogP contribution in [0.1, 0.15) is 11.7 Å². The molecule has 0 aromatic heterocycles. The van der Waals surface area contributed by atoms with Crippen molar-refractivity contribution in [2.75, 3.05) is 0 Å². The first-order valence-corrected chi connectivity index (χ1v) is 5.96. The summed E-state index contributed by atoms with van der Waals surface area (Å²) in [5, 5.41) is 2.43. The fourth-order valence-electron chi connectivity index (χ4n) is 1.85. The second-order valence-electron chi connectivity index (χ2n) is 3.62. The van der Waals surface area contributed by atoms with Gasteiger partial charge in [-0.1, -0.05) is 51.8 Å². The summed E-state index contributed by atoms with van der Waals surface area (Å²) < 4.78 is 6.38. The molecule has 1 fully saturated rings. The number of halogens is 2. The number of alkyl halides is 1. The normalized spacial score (nSPS) is 24.4. The Bertz CT molecular complexity index is 526. The molecule has 1 saturated heterocycles. The maximum Gasteiger partial charge on any atom is 0.162 e. The van der Waals surface area contributed by atoms with E-state index in [9.17, 15) is 0 Å². The standard InChI is InChI=1S/C12H8BrClO/c13-8-5-7-3-1-2-4-9(7)10(6-8)11-12(14)15-11/h1-6,11-12H. The maximum atomic E-state index is 5.90. The Kier molecular flexibility index (Phi) is 2.23. The Morgan fingerprint density at radius 2 is 1.93 bits per heavy atom. The first-order chi connectivity index (χ1) is 7.25. The van der Waals surface area contributed by atoms with Crippen molar-refractivity contribution >= 4 is 38.3 Å². The Hall–Kier alpha value is -0.570.